The second-order valence-corrected chi connectivity index (χ2v) is 15.2. The molecule has 1 atom stereocenters. The van der Waals surface area contributed by atoms with Crippen LogP contribution in [0.15, 0.2) is 12.2 Å². The molecule has 0 aliphatic heterocycles. The van der Waals surface area contributed by atoms with Gasteiger partial charge in [0.15, 0.2) is 0 Å². The Hall–Kier alpha value is -0.790. The maximum absolute atomic E-state index is 11.5. The minimum atomic E-state index is -0.251. The Morgan fingerprint density at radius 3 is 0.804 bits per heavy atom. The molecule has 0 aliphatic carbocycles. The quantitative estimate of drug-likeness (QED) is 0.0377. The van der Waals surface area contributed by atoms with Gasteiger partial charge in [-0.15, -0.1) is 0 Å². The van der Waals surface area contributed by atoms with Gasteiger partial charge >= 0.3 is 5.97 Å². The predicted molar refractivity (Wildman–Crippen MR) is 207 cm³/mol. The third-order valence-electron chi connectivity index (χ3n) is 10.1. The number of unbranched alkanes of at least 4 members (excludes halogenated alkanes) is 35. The monoisotopic (exact) mass is 647 g/mol. The lowest BCUT2D eigenvalue weighted by Crippen LogP contribution is -2.15. The third kappa shape index (κ3) is 37.7. The van der Waals surface area contributed by atoms with E-state index in [9.17, 15) is 4.79 Å². The number of esters is 1. The van der Waals surface area contributed by atoms with Crippen LogP contribution in [0, 0.1) is 0 Å². The molecule has 0 fully saturated rings. The van der Waals surface area contributed by atoms with Crippen molar-refractivity contribution in [3.05, 3.63) is 12.2 Å². The number of carbonyl (C=O) groups is 1. The zero-order chi connectivity index (χ0) is 33.6. The number of carbonyl (C=O) groups excluding carboxylic acids is 1. The molecule has 0 heterocycles. The number of ether oxygens (including phenoxy) is 1. The van der Waals surface area contributed by atoms with Crippen molar-refractivity contribution in [2.45, 2.75) is 264 Å². The van der Waals surface area contributed by atoms with Crippen molar-refractivity contribution in [2.24, 2.45) is 0 Å². The maximum atomic E-state index is 11.5. The average Bonchev–Trinajstić information content (AvgIpc) is 3.04. The highest BCUT2D eigenvalue weighted by atomic mass is 16.5. The standard InChI is InChI=1S/C44H86O2/c1-5-6-7-8-9-10-11-12-13-14-15-16-17-18-19-20-21-22-23-24-25-26-27-28-29-30-31-32-33-34-35-36-37-38-39-40-41-43(4)46-44(45)42(2)3/h43H,2,5-41H2,1,3-4H3. The minimum absolute atomic E-state index is 0.0160. The number of hydrogen-bond acceptors (Lipinski definition) is 2. The van der Waals surface area contributed by atoms with E-state index in [2.05, 4.69) is 13.5 Å². The van der Waals surface area contributed by atoms with Crippen molar-refractivity contribution < 1.29 is 9.53 Å². The summed E-state index contributed by atoms with van der Waals surface area (Å²) in [7, 11) is 0. The average molecular weight is 647 g/mol. The molecule has 0 bridgehead atoms. The van der Waals surface area contributed by atoms with Gasteiger partial charge in [0.25, 0.3) is 0 Å². The number of rotatable bonds is 39. The van der Waals surface area contributed by atoms with Crippen LogP contribution in [0.2, 0.25) is 0 Å². The molecule has 0 aromatic carbocycles. The molecule has 0 aliphatic rings. The smallest absolute Gasteiger partial charge is 0.333 e. The lowest BCUT2D eigenvalue weighted by molar-refractivity contribution is -0.143. The van der Waals surface area contributed by atoms with Crippen LogP contribution in [-0.2, 0) is 9.53 Å². The van der Waals surface area contributed by atoms with Gasteiger partial charge in [0, 0.05) is 5.57 Å². The predicted octanol–water partition coefficient (Wildman–Crippen LogP) is 15.9. The summed E-state index contributed by atoms with van der Waals surface area (Å²) < 4.78 is 5.35. The van der Waals surface area contributed by atoms with Crippen LogP contribution in [0.4, 0.5) is 0 Å². The zero-order valence-corrected chi connectivity index (χ0v) is 32.3. The van der Waals surface area contributed by atoms with E-state index >= 15 is 0 Å². The van der Waals surface area contributed by atoms with Gasteiger partial charge in [-0.05, 0) is 26.7 Å². The molecule has 0 saturated carbocycles. The normalized spacial score (nSPS) is 12.1. The van der Waals surface area contributed by atoms with E-state index in [0.717, 1.165) is 12.8 Å². The summed E-state index contributed by atoms with van der Waals surface area (Å²) in [6.45, 7) is 9.65. The Morgan fingerprint density at radius 1 is 0.413 bits per heavy atom. The molecule has 0 amide bonds. The Morgan fingerprint density at radius 2 is 0.609 bits per heavy atom. The van der Waals surface area contributed by atoms with Crippen LogP contribution in [0.3, 0.4) is 0 Å². The van der Waals surface area contributed by atoms with Crippen molar-refractivity contribution in [1.82, 2.24) is 0 Å². The summed E-state index contributed by atoms with van der Waals surface area (Å²) in [5.74, 6) is -0.251. The van der Waals surface area contributed by atoms with Crippen molar-refractivity contribution >= 4 is 5.97 Å². The SMILES string of the molecule is C=C(C)C(=O)OC(C)CCCCCCCCCCCCCCCCCCCCCCCCCCCCCCCCCCCCCC. The van der Waals surface area contributed by atoms with Gasteiger partial charge in [0.05, 0.1) is 6.10 Å². The Kier molecular flexibility index (Phi) is 38.0. The van der Waals surface area contributed by atoms with E-state index in [-0.39, 0.29) is 12.1 Å². The molecule has 0 aromatic rings. The second kappa shape index (κ2) is 38.7. The van der Waals surface area contributed by atoms with Crippen LogP contribution < -0.4 is 0 Å². The molecular weight excluding hydrogens is 560 g/mol. The molecule has 0 saturated heterocycles. The van der Waals surface area contributed by atoms with Crippen LogP contribution in [-0.4, -0.2) is 12.1 Å². The first kappa shape index (κ1) is 45.2. The Bertz CT molecular complexity index is 611. The Balaban J connectivity index is 3.10. The van der Waals surface area contributed by atoms with E-state index in [0.29, 0.717) is 5.57 Å². The Labute approximate surface area is 291 Å². The van der Waals surface area contributed by atoms with Crippen LogP contribution in [0.25, 0.3) is 0 Å². The molecule has 0 aromatic heterocycles. The van der Waals surface area contributed by atoms with E-state index in [1.165, 1.54) is 225 Å². The van der Waals surface area contributed by atoms with E-state index in [1.54, 1.807) is 6.92 Å². The van der Waals surface area contributed by atoms with Gasteiger partial charge in [-0.25, -0.2) is 4.79 Å². The minimum Gasteiger partial charge on any atom is -0.459 e. The van der Waals surface area contributed by atoms with Crippen LogP contribution in [0.5, 0.6) is 0 Å². The molecule has 0 N–H and O–H groups in total. The fraction of sp³-hybridized carbons (Fsp3) is 0.932. The fourth-order valence-electron chi connectivity index (χ4n) is 6.86. The summed E-state index contributed by atoms with van der Waals surface area (Å²) >= 11 is 0. The summed E-state index contributed by atoms with van der Waals surface area (Å²) in [5.41, 5.74) is 0.494. The van der Waals surface area contributed by atoms with Gasteiger partial charge in [-0.1, -0.05) is 238 Å². The van der Waals surface area contributed by atoms with Gasteiger partial charge in [0.2, 0.25) is 0 Å². The molecule has 274 valence electrons. The lowest BCUT2D eigenvalue weighted by atomic mass is 10.0. The van der Waals surface area contributed by atoms with E-state index < -0.39 is 0 Å². The summed E-state index contributed by atoms with van der Waals surface area (Å²) in [4.78, 5) is 11.5. The van der Waals surface area contributed by atoms with Crippen molar-refractivity contribution in [1.29, 1.82) is 0 Å². The third-order valence-corrected chi connectivity index (χ3v) is 10.1. The topological polar surface area (TPSA) is 26.3 Å². The first-order valence-corrected chi connectivity index (χ1v) is 21.4. The molecule has 2 heteroatoms. The largest absolute Gasteiger partial charge is 0.459 e. The van der Waals surface area contributed by atoms with Crippen molar-refractivity contribution in [3.63, 3.8) is 0 Å². The molecule has 0 radical (unpaired) electrons. The van der Waals surface area contributed by atoms with Crippen LogP contribution in [0.1, 0.15) is 258 Å². The number of hydrogen-bond donors (Lipinski definition) is 0. The highest BCUT2D eigenvalue weighted by molar-refractivity contribution is 5.87. The van der Waals surface area contributed by atoms with Crippen molar-refractivity contribution in [2.75, 3.05) is 0 Å². The van der Waals surface area contributed by atoms with Gasteiger partial charge < -0.3 is 4.74 Å². The highest BCUT2D eigenvalue weighted by Gasteiger charge is 2.09. The van der Waals surface area contributed by atoms with Gasteiger partial charge in [-0.2, -0.15) is 0 Å². The fourth-order valence-corrected chi connectivity index (χ4v) is 6.86. The summed E-state index contributed by atoms with van der Waals surface area (Å²) in [6.07, 6.45) is 52.9. The highest BCUT2D eigenvalue weighted by Crippen LogP contribution is 2.18. The molecular formula is C44H86O2. The zero-order valence-electron chi connectivity index (χ0n) is 32.3. The first-order chi connectivity index (χ1) is 22.6. The maximum Gasteiger partial charge on any atom is 0.333 e. The molecule has 0 rings (SSSR count). The second-order valence-electron chi connectivity index (χ2n) is 15.2. The summed E-state index contributed by atoms with van der Waals surface area (Å²) in [6, 6.07) is 0. The van der Waals surface area contributed by atoms with Gasteiger partial charge in [0.1, 0.15) is 0 Å². The lowest BCUT2D eigenvalue weighted by Gasteiger charge is -2.12. The molecule has 46 heavy (non-hydrogen) atoms. The van der Waals surface area contributed by atoms with E-state index in [4.69, 9.17) is 4.74 Å². The molecule has 2 nitrogen and oxygen atoms in total. The summed E-state index contributed by atoms with van der Waals surface area (Å²) in [5, 5.41) is 0. The van der Waals surface area contributed by atoms with E-state index in [1.807, 2.05) is 6.92 Å². The molecule has 0 spiro atoms. The molecule has 1 unspecified atom stereocenters. The van der Waals surface area contributed by atoms with Crippen molar-refractivity contribution in [3.8, 4) is 0 Å². The van der Waals surface area contributed by atoms with Crippen LogP contribution >= 0.6 is 0 Å². The first-order valence-electron chi connectivity index (χ1n) is 21.4. The van der Waals surface area contributed by atoms with Gasteiger partial charge in [-0.3, -0.25) is 0 Å².